The van der Waals surface area contributed by atoms with Crippen molar-refractivity contribution in [1.29, 1.82) is 0 Å². The van der Waals surface area contributed by atoms with Crippen LogP contribution in [-0.4, -0.2) is 69.1 Å². The Kier molecular flexibility index (Phi) is 4.30. The summed E-state index contributed by atoms with van der Waals surface area (Å²) in [6.45, 7) is 5.29. The zero-order chi connectivity index (χ0) is 19.1. The second-order valence-electron chi connectivity index (χ2n) is 7.52. The summed E-state index contributed by atoms with van der Waals surface area (Å²) in [7, 11) is 0. The summed E-state index contributed by atoms with van der Waals surface area (Å²) in [4.78, 5) is 7.17. The maximum atomic E-state index is 11.5. The van der Waals surface area contributed by atoms with Crippen molar-refractivity contribution in [2.45, 2.75) is 31.4 Å². The highest BCUT2D eigenvalue weighted by Crippen LogP contribution is 2.38. The number of morpholine rings is 1. The SMILES string of the molecule is CC1COCCN1c1cc(C2(O)CCOCC2)c2cnn(-c3ccn[nH]3)c2n1. The van der Waals surface area contributed by atoms with E-state index in [1.165, 1.54) is 0 Å². The fraction of sp³-hybridized carbons (Fsp3) is 0.526. The zero-order valence-corrected chi connectivity index (χ0v) is 15.8. The van der Waals surface area contributed by atoms with E-state index in [9.17, 15) is 5.11 Å². The Balaban J connectivity index is 1.70. The maximum absolute atomic E-state index is 11.5. The minimum absolute atomic E-state index is 0.208. The summed E-state index contributed by atoms with van der Waals surface area (Å²) < 4.78 is 12.8. The van der Waals surface area contributed by atoms with Gasteiger partial charge >= 0.3 is 0 Å². The third kappa shape index (κ3) is 2.86. The minimum Gasteiger partial charge on any atom is -0.385 e. The van der Waals surface area contributed by atoms with Crippen molar-refractivity contribution in [2.75, 3.05) is 37.9 Å². The van der Waals surface area contributed by atoms with E-state index in [2.05, 4.69) is 27.1 Å². The molecule has 0 amide bonds. The van der Waals surface area contributed by atoms with Crippen LogP contribution in [0.5, 0.6) is 0 Å². The van der Waals surface area contributed by atoms with E-state index >= 15 is 0 Å². The molecule has 9 nitrogen and oxygen atoms in total. The monoisotopic (exact) mass is 384 g/mol. The predicted molar refractivity (Wildman–Crippen MR) is 103 cm³/mol. The van der Waals surface area contributed by atoms with E-state index in [-0.39, 0.29) is 6.04 Å². The van der Waals surface area contributed by atoms with Crippen LogP contribution in [0.15, 0.2) is 24.5 Å². The third-order valence-corrected chi connectivity index (χ3v) is 5.73. The summed E-state index contributed by atoms with van der Waals surface area (Å²) in [5.74, 6) is 1.57. The Morgan fingerprint density at radius 3 is 2.86 bits per heavy atom. The van der Waals surface area contributed by atoms with Gasteiger partial charge in [-0.1, -0.05) is 0 Å². The second-order valence-corrected chi connectivity index (χ2v) is 7.52. The third-order valence-electron chi connectivity index (χ3n) is 5.73. The van der Waals surface area contributed by atoms with Gasteiger partial charge in [0.2, 0.25) is 0 Å². The lowest BCUT2D eigenvalue weighted by Crippen LogP contribution is -2.44. The molecule has 0 aliphatic carbocycles. The molecule has 0 aromatic carbocycles. The molecule has 5 rings (SSSR count). The van der Waals surface area contributed by atoms with Crippen molar-refractivity contribution in [3.05, 3.63) is 30.1 Å². The second kappa shape index (κ2) is 6.84. The first kappa shape index (κ1) is 17.6. The number of rotatable bonds is 3. The molecular weight excluding hydrogens is 360 g/mol. The molecule has 28 heavy (non-hydrogen) atoms. The molecule has 0 spiro atoms. The number of aliphatic hydroxyl groups is 1. The summed E-state index contributed by atoms with van der Waals surface area (Å²) >= 11 is 0. The first-order chi connectivity index (χ1) is 13.7. The normalized spacial score (nSPS) is 22.6. The Morgan fingerprint density at radius 2 is 2.11 bits per heavy atom. The van der Waals surface area contributed by atoms with Gasteiger partial charge in [0.25, 0.3) is 0 Å². The highest BCUT2D eigenvalue weighted by Gasteiger charge is 2.35. The zero-order valence-electron chi connectivity index (χ0n) is 15.8. The maximum Gasteiger partial charge on any atom is 0.167 e. The van der Waals surface area contributed by atoms with E-state index in [1.807, 2.05) is 12.1 Å². The number of ether oxygens (including phenoxy) is 2. The predicted octanol–water partition coefficient (Wildman–Crippen LogP) is 1.37. The molecule has 0 bridgehead atoms. The van der Waals surface area contributed by atoms with Crippen LogP contribution in [0.2, 0.25) is 0 Å². The number of nitrogens with zero attached hydrogens (tertiary/aromatic N) is 5. The average molecular weight is 384 g/mol. The van der Waals surface area contributed by atoms with E-state index in [1.54, 1.807) is 17.1 Å². The number of aromatic nitrogens is 5. The number of hydrogen-bond donors (Lipinski definition) is 2. The molecule has 2 fully saturated rings. The molecule has 1 atom stereocenters. The quantitative estimate of drug-likeness (QED) is 0.703. The number of anilines is 1. The molecule has 1 unspecified atom stereocenters. The van der Waals surface area contributed by atoms with Crippen LogP contribution in [0.3, 0.4) is 0 Å². The van der Waals surface area contributed by atoms with Crippen LogP contribution in [0.25, 0.3) is 16.9 Å². The molecule has 2 aliphatic heterocycles. The van der Waals surface area contributed by atoms with Crippen molar-refractivity contribution < 1.29 is 14.6 Å². The van der Waals surface area contributed by atoms with Crippen molar-refractivity contribution in [3.63, 3.8) is 0 Å². The lowest BCUT2D eigenvalue weighted by atomic mass is 9.85. The topological polar surface area (TPSA) is 101 Å². The molecular formula is C19H24N6O3. The van der Waals surface area contributed by atoms with Crippen LogP contribution in [-0.2, 0) is 15.1 Å². The van der Waals surface area contributed by atoms with Gasteiger partial charge in [0.05, 0.1) is 37.3 Å². The fourth-order valence-corrected chi connectivity index (χ4v) is 4.11. The van der Waals surface area contributed by atoms with Gasteiger partial charge in [0.15, 0.2) is 11.5 Å². The molecule has 2 N–H and O–H groups in total. The average Bonchev–Trinajstić information content (AvgIpc) is 3.37. The highest BCUT2D eigenvalue weighted by molar-refractivity contribution is 5.83. The molecule has 2 aliphatic rings. The van der Waals surface area contributed by atoms with Crippen molar-refractivity contribution >= 4 is 16.9 Å². The molecule has 0 saturated carbocycles. The Bertz CT molecular complexity index is 964. The van der Waals surface area contributed by atoms with Gasteiger partial charge in [0.1, 0.15) is 5.82 Å². The van der Waals surface area contributed by atoms with Crippen molar-refractivity contribution in [1.82, 2.24) is 25.0 Å². The standard InChI is InChI=1S/C19H24N6O3/c1-13-12-28-9-6-24(13)17-10-15(19(26)3-7-27-8-4-19)14-11-21-25(18(14)22-17)16-2-5-20-23-16/h2,5,10-11,13,26H,3-4,6-9,12H2,1H3,(H,20,23). The molecule has 0 radical (unpaired) electrons. The van der Waals surface area contributed by atoms with Crippen LogP contribution in [0.1, 0.15) is 25.3 Å². The van der Waals surface area contributed by atoms with Crippen LogP contribution >= 0.6 is 0 Å². The van der Waals surface area contributed by atoms with Gasteiger partial charge in [0, 0.05) is 44.1 Å². The van der Waals surface area contributed by atoms with Crippen LogP contribution in [0.4, 0.5) is 5.82 Å². The van der Waals surface area contributed by atoms with Gasteiger partial charge in [-0.3, -0.25) is 5.10 Å². The number of pyridine rings is 1. The number of H-pyrrole nitrogens is 1. The smallest absolute Gasteiger partial charge is 0.167 e. The van der Waals surface area contributed by atoms with Gasteiger partial charge in [-0.15, -0.1) is 0 Å². The molecule has 3 aromatic heterocycles. The molecule has 2 saturated heterocycles. The van der Waals surface area contributed by atoms with Gasteiger partial charge in [-0.05, 0) is 18.6 Å². The lowest BCUT2D eigenvalue weighted by Gasteiger charge is -2.36. The molecule has 148 valence electrons. The van der Waals surface area contributed by atoms with E-state index in [4.69, 9.17) is 14.5 Å². The first-order valence-electron chi connectivity index (χ1n) is 9.69. The Morgan fingerprint density at radius 1 is 1.25 bits per heavy atom. The molecule has 3 aromatic rings. The van der Waals surface area contributed by atoms with Gasteiger partial charge < -0.3 is 19.5 Å². The highest BCUT2D eigenvalue weighted by atomic mass is 16.5. The summed E-state index contributed by atoms with van der Waals surface area (Å²) in [6.07, 6.45) is 4.57. The van der Waals surface area contributed by atoms with Crippen LogP contribution in [0, 0.1) is 0 Å². The summed E-state index contributed by atoms with van der Waals surface area (Å²) in [6, 6.07) is 4.08. The van der Waals surface area contributed by atoms with Crippen LogP contribution < -0.4 is 4.90 Å². The first-order valence-corrected chi connectivity index (χ1v) is 9.69. The van der Waals surface area contributed by atoms with E-state index in [0.29, 0.717) is 44.9 Å². The van der Waals surface area contributed by atoms with Gasteiger partial charge in [-0.25, -0.2) is 4.98 Å². The number of nitrogens with one attached hydrogen (secondary N) is 1. The molecule has 5 heterocycles. The lowest BCUT2D eigenvalue weighted by molar-refractivity contribution is -0.0670. The number of aromatic amines is 1. The van der Waals surface area contributed by atoms with E-state index in [0.717, 1.165) is 29.1 Å². The van der Waals surface area contributed by atoms with Crippen molar-refractivity contribution in [3.8, 4) is 5.82 Å². The minimum atomic E-state index is -0.953. The van der Waals surface area contributed by atoms with Crippen molar-refractivity contribution in [2.24, 2.45) is 0 Å². The molecule has 9 heteroatoms. The summed E-state index contributed by atoms with van der Waals surface area (Å²) in [5, 5.41) is 23.8. The Hall–Kier alpha value is -2.49. The Labute approximate surface area is 162 Å². The number of hydrogen-bond acceptors (Lipinski definition) is 7. The van der Waals surface area contributed by atoms with E-state index < -0.39 is 5.60 Å². The largest absolute Gasteiger partial charge is 0.385 e. The summed E-state index contributed by atoms with van der Waals surface area (Å²) in [5.41, 5.74) is 0.613. The fourth-order valence-electron chi connectivity index (χ4n) is 4.11. The number of fused-ring (bicyclic) bond motifs is 1. The van der Waals surface area contributed by atoms with Gasteiger partial charge in [-0.2, -0.15) is 14.9 Å².